The number of aliphatic carboxylic acids is 1. The fraction of sp³-hybridized carbons (Fsp3) is 0.867. The lowest BCUT2D eigenvalue weighted by Gasteiger charge is -2.25. The van der Waals surface area contributed by atoms with Crippen LogP contribution in [0.4, 0.5) is 0 Å². The van der Waals surface area contributed by atoms with Gasteiger partial charge in [-0.1, -0.05) is 13.8 Å². The van der Waals surface area contributed by atoms with E-state index in [0.29, 0.717) is 11.8 Å². The highest BCUT2D eigenvalue weighted by molar-refractivity contribution is 5.84. The van der Waals surface area contributed by atoms with Crippen molar-refractivity contribution in [1.82, 2.24) is 4.90 Å². The van der Waals surface area contributed by atoms with Gasteiger partial charge in [-0.3, -0.25) is 9.59 Å². The first-order valence-corrected chi connectivity index (χ1v) is 7.25. The molecule has 110 valence electrons. The SMILES string of the molecule is CC(C)C1CCCN(C(=O)CC(C)(C)C(=O)O)CC1. The molecule has 1 aliphatic heterocycles. The molecule has 4 heteroatoms. The minimum Gasteiger partial charge on any atom is -0.481 e. The van der Waals surface area contributed by atoms with Gasteiger partial charge in [0, 0.05) is 19.5 Å². The number of rotatable bonds is 4. The summed E-state index contributed by atoms with van der Waals surface area (Å²) in [4.78, 5) is 25.1. The molecule has 1 N–H and O–H groups in total. The molecule has 1 atom stereocenters. The van der Waals surface area contributed by atoms with Crippen LogP contribution in [-0.4, -0.2) is 35.0 Å². The van der Waals surface area contributed by atoms with Crippen molar-refractivity contribution < 1.29 is 14.7 Å². The van der Waals surface area contributed by atoms with E-state index in [4.69, 9.17) is 5.11 Å². The standard InChI is InChI=1S/C15H27NO3/c1-11(2)12-6-5-8-16(9-7-12)13(17)10-15(3,4)14(18)19/h11-12H,5-10H2,1-4H3,(H,18,19). The molecule has 0 aromatic rings. The predicted octanol–water partition coefficient (Wildman–Crippen LogP) is 2.77. The Balaban J connectivity index is 2.57. The molecule has 0 aromatic heterocycles. The smallest absolute Gasteiger partial charge is 0.309 e. The second-order valence-corrected chi connectivity index (χ2v) is 6.68. The van der Waals surface area contributed by atoms with Crippen LogP contribution in [0.3, 0.4) is 0 Å². The van der Waals surface area contributed by atoms with Gasteiger partial charge >= 0.3 is 5.97 Å². The van der Waals surface area contributed by atoms with Crippen molar-refractivity contribution in [1.29, 1.82) is 0 Å². The molecular weight excluding hydrogens is 242 g/mol. The number of hydrogen-bond donors (Lipinski definition) is 1. The van der Waals surface area contributed by atoms with E-state index in [9.17, 15) is 9.59 Å². The zero-order valence-electron chi connectivity index (χ0n) is 12.6. The molecule has 1 rings (SSSR count). The van der Waals surface area contributed by atoms with Gasteiger partial charge < -0.3 is 10.0 Å². The van der Waals surface area contributed by atoms with Crippen molar-refractivity contribution in [2.45, 2.75) is 53.4 Å². The Morgan fingerprint density at radius 3 is 2.42 bits per heavy atom. The lowest BCUT2D eigenvalue weighted by Crippen LogP contribution is -2.37. The number of amides is 1. The van der Waals surface area contributed by atoms with Crippen molar-refractivity contribution in [2.24, 2.45) is 17.3 Å². The highest BCUT2D eigenvalue weighted by Crippen LogP contribution is 2.27. The molecule has 0 bridgehead atoms. The summed E-state index contributed by atoms with van der Waals surface area (Å²) in [6.07, 6.45) is 3.33. The van der Waals surface area contributed by atoms with E-state index < -0.39 is 11.4 Å². The van der Waals surface area contributed by atoms with E-state index in [1.165, 1.54) is 6.42 Å². The summed E-state index contributed by atoms with van der Waals surface area (Å²) in [5, 5.41) is 9.09. The molecule has 1 amide bonds. The van der Waals surface area contributed by atoms with E-state index in [2.05, 4.69) is 13.8 Å². The Hall–Kier alpha value is -1.06. The van der Waals surface area contributed by atoms with Crippen molar-refractivity contribution in [3.05, 3.63) is 0 Å². The first kappa shape index (κ1) is 16.0. The topological polar surface area (TPSA) is 57.6 Å². The molecule has 1 saturated heterocycles. The van der Waals surface area contributed by atoms with Crippen LogP contribution in [0, 0.1) is 17.3 Å². The average Bonchev–Trinajstić information content (AvgIpc) is 2.53. The molecule has 0 spiro atoms. The summed E-state index contributed by atoms with van der Waals surface area (Å²) in [6, 6.07) is 0. The van der Waals surface area contributed by atoms with Gasteiger partial charge in [-0.05, 0) is 44.9 Å². The van der Waals surface area contributed by atoms with Gasteiger partial charge in [-0.15, -0.1) is 0 Å². The zero-order chi connectivity index (χ0) is 14.6. The maximum atomic E-state index is 12.2. The normalized spacial score (nSPS) is 21.3. The molecule has 19 heavy (non-hydrogen) atoms. The minimum absolute atomic E-state index is 0.0168. The first-order chi connectivity index (χ1) is 8.74. The first-order valence-electron chi connectivity index (χ1n) is 7.25. The van der Waals surface area contributed by atoms with Crippen molar-refractivity contribution in [3.8, 4) is 0 Å². The predicted molar refractivity (Wildman–Crippen MR) is 74.8 cm³/mol. The fourth-order valence-corrected chi connectivity index (χ4v) is 2.60. The third-order valence-electron chi connectivity index (χ3n) is 4.24. The van der Waals surface area contributed by atoms with Gasteiger partial charge in [0.05, 0.1) is 5.41 Å². The zero-order valence-corrected chi connectivity index (χ0v) is 12.6. The summed E-state index contributed by atoms with van der Waals surface area (Å²) in [5.41, 5.74) is -0.971. The molecule has 0 saturated carbocycles. The van der Waals surface area contributed by atoms with Crippen LogP contribution in [-0.2, 0) is 9.59 Å². The molecule has 1 unspecified atom stereocenters. The average molecular weight is 269 g/mol. The van der Waals surface area contributed by atoms with Gasteiger partial charge in [0.2, 0.25) is 5.91 Å². The van der Waals surface area contributed by atoms with Crippen LogP contribution in [0.1, 0.15) is 53.4 Å². The van der Waals surface area contributed by atoms with E-state index in [0.717, 1.165) is 25.9 Å². The van der Waals surface area contributed by atoms with Gasteiger partial charge in [-0.25, -0.2) is 0 Å². The van der Waals surface area contributed by atoms with Crippen LogP contribution in [0.2, 0.25) is 0 Å². The highest BCUT2D eigenvalue weighted by Gasteiger charge is 2.32. The van der Waals surface area contributed by atoms with Crippen LogP contribution in [0.15, 0.2) is 0 Å². The number of carbonyl (C=O) groups is 2. The summed E-state index contributed by atoms with van der Waals surface area (Å²) in [6.45, 7) is 9.24. The molecule has 4 nitrogen and oxygen atoms in total. The van der Waals surface area contributed by atoms with Gasteiger partial charge in [0.25, 0.3) is 0 Å². The van der Waals surface area contributed by atoms with E-state index in [-0.39, 0.29) is 12.3 Å². The lowest BCUT2D eigenvalue weighted by molar-refractivity contribution is -0.151. The number of carboxylic acids is 1. The lowest BCUT2D eigenvalue weighted by atomic mass is 9.88. The number of nitrogens with zero attached hydrogens (tertiary/aromatic N) is 1. The second-order valence-electron chi connectivity index (χ2n) is 6.68. The minimum atomic E-state index is -0.971. The molecule has 1 heterocycles. The van der Waals surface area contributed by atoms with Gasteiger partial charge in [0.15, 0.2) is 0 Å². The molecule has 1 aliphatic rings. The molecule has 1 fully saturated rings. The third kappa shape index (κ3) is 4.51. The molecule has 0 aliphatic carbocycles. The third-order valence-corrected chi connectivity index (χ3v) is 4.24. The van der Waals surface area contributed by atoms with E-state index in [1.54, 1.807) is 13.8 Å². The quantitative estimate of drug-likeness (QED) is 0.853. The number of likely N-dealkylation sites (tertiary alicyclic amines) is 1. The molecular formula is C15H27NO3. The largest absolute Gasteiger partial charge is 0.481 e. The molecule has 0 aromatic carbocycles. The summed E-state index contributed by atoms with van der Waals surface area (Å²) < 4.78 is 0. The Morgan fingerprint density at radius 1 is 1.26 bits per heavy atom. The summed E-state index contributed by atoms with van der Waals surface area (Å²) >= 11 is 0. The molecule has 0 radical (unpaired) electrons. The maximum absolute atomic E-state index is 12.2. The Labute approximate surface area is 116 Å². The number of carboxylic acid groups (broad SMARTS) is 1. The van der Waals surface area contributed by atoms with E-state index >= 15 is 0 Å². The van der Waals surface area contributed by atoms with Crippen LogP contribution in [0.5, 0.6) is 0 Å². The van der Waals surface area contributed by atoms with Crippen molar-refractivity contribution in [2.75, 3.05) is 13.1 Å². The summed E-state index contributed by atoms with van der Waals surface area (Å²) in [7, 11) is 0. The monoisotopic (exact) mass is 269 g/mol. The van der Waals surface area contributed by atoms with Crippen LogP contribution >= 0.6 is 0 Å². The Bertz CT molecular complexity index is 336. The fourth-order valence-electron chi connectivity index (χ4n) is 2.60. The van der Waals surface area contributed by atoms with Gasteiger partial charge in [0.1, 0.15) is 0 Å². The number of carbonyl (C=O) groups excluding carboxylic acids is 1. The van der Waals surface area contributed by atoms with E-state index in [1.807, 2.05) is 4.90 Å². The van der Waals surface area contributed by atoms with Crippen molar-refractivity contribution in [3.63, 3.8) is 0 Å². The van der Waals surface area contributed by atoms with Crippen molar-refractivity contribution >= 4 is 11.9 Å². The maximum Gasteiger partial charge on any atom is 0.309 e. The highest BCUT2D eigenvalue weighted by atomic mass is 16.4. The van der Waals surface area contributed by atoms with Crippen LogP contribution < -0.4 is 0 Å². The number of hydrogen-bond acceptors (Lipinski definition) is 2. The van der Waals surface area contributed by atoms with Crippen LogP contribution in [0.25, 0.3) is 0 Å². The summed E-state index contributed by atoms with van der Waals surface area (Å²) in [5.74, 6) is 0.420. The second kappa shape index (κ2) is 6.40. The Morgan fingerprint density at radius 2 is 1.89 bits per heavy atom. The van der Waals surface area contributed by atoms with Gasteiger partial charge in [-0.2, -0.15) is 0 Å². The Kier molecular flexibility index (Phi) is 5.39.